The summed E-state index contributed by atoms with van der Waals surface area (Å²) >= 11 is 5.69. The average Bonchev–Trinajstić information content (AvgIpc) is 2.36. The Hall–Kier alpha value is -1.03. The summed E-state index contributed by atoms with van der Waals surface area (Å²) in [6, 6.07) is 3.03. The van der Waals surface area contributed by atoms with Crippen LogP contribution in [0.15, 0.2) is 18.2 Å². The first-order chi connectivity index (χ1) is 9.59. The van der Waals surface area contributed by atoms with Crippen LogP contribution in [0.25, 0.3) is 0 Å². The van der Waals surface area contributed by atoms with Gasteiger partial charge in [0.05, 0.1) is 16.3 Å². The summed E-state index contributed by atoms with van der Waals surface area (Å²) in [6.45, 7) is 0.345. The normalized spacial score (nSPS) is 12.7. The first-order valence-electron chi connectivity index (χ1n) is 5.89. The van der Waals surface area contributed by atoms with E-state index in [2.05, 4.69) is 0 Å². The van der Waals surface area contributed by atoms with E-state index in [1.165, 1.54) is 13.1 Å². The zero-order chi connectivity index (χ0) is 16.3. The predicted octanol–water partition coefficient (Wildman–Crippen LogP) is 2.30. The molecule has 21 heavy (non-hydrogen) atoms. The molecule has 0 bridgehead atoms. The molecule has 0 saturated heterocycles. The van der Waals surface area contributed by atoms with Crippen molar-refractivity contribution >= 4 is 27.5 Å². The summed E-state index contributed by atoms with van der Waals surface area (Å²) in [6.07, 6.45) is -4.34. The van der Waals surface area contributed by atoms with Crippen molar-refractivity contribution in [3.8, 4) is 0 Å². The van der Waals surface area contributed by atoms with E-state index in [1.54, 1.807) is 0 Å². The highest BCUT2D eigenvalue weighted by molar-refractivity contribution is 7.90. The zero-order valence-electron chi connectivity index (χ0n) is 11.1. The Morgan fingerprint density at radius 1 is 1.38 bits per heavy atom. The molecule has 0 heterocycles. The lowest BCUT2D eigenvalue weighted by Crippen LogP contribution is -2.34. The Kier molecular flexibility index (Phi) is 5.85. The van der Waals surface area contributed by atoms with Crippen LogP contribution in [-0.4, -0.2) is 32.9 Å². The van der Waals surface area contributed by atoms with Crippen LogP contribution in [-0.2, 0) is 16.4 Å². The van der Waals surface area contributed by atoms with Gasteiger partial charge in [-0.05, 0) is 25.1 Å². The Labute approximate surface area is 126 Å². The minimum atomic E-state index is -4.72. The van der Waals surface area contributed by atoms with Gasteiger partial charge >= 0.3 is 16.4 Å². The van der Waals surface area contributed by atoms with Gasteiger partial charge in [-0.25, -0.2) is 0 Å². The quantitative estimate of drug-likeness (QED) is 0.830. The van der Waals surface area contributed by atoms with E-state index in [1.807, 2.05) is 4.72 Å². The van der Waals surface area contributed by atoms with Crippen molar-refractivity contribution in [2.75, 3.05) is 24.9 Å². The van der Waals surface area contributed by atoms with E-state index in [-0.39, 0.29) is 18.1 Å². The monoisotopic (exact) mass is 345 g/mol. The standard InChI is InChI=1S/C11H15ClF3N3O2S/c1-18(7-3-6-16)21(19,20)17-10-8(11(13,14)15)4-2-5-9(10)12/h2,4-5,17H,3,6-7,16H2,1H3. The number of hydrogen-bond donors (Lipinski definition) is 2. The van der Waals surface area contributed by atoms with Crippen molar-refractivity contribution < 1.29 is 21.6 Å². The molecule has 0 radical (unpaired) electrons. The third-order valence-electron chi connectivity index (χ3n) is 2.64. The maximum absolute atomic E-state index is 12.9. The lowest BCUT2D eigenvalue weighted by molar-refractivity contribution is -0.136. The van der Waals surface area contributed by atoms with E-state index in [0.717, 1.165) is 16.4 Å². The average molecular weight is 346 g/mol. The SMILES string of the molecule is CN(CCCN)S(=O)(=O)Nc1c(Cl)cccc1C(F)(F)F. The molecule has 120 valence electrons. The van der Waals surface area contributed by atoms with Crippen molar-refractivity contribution in [1.29, 1.82) is 0 Å². The topological polar surface area (TPSA) is 75.4 Å². The molecule has 0 fully saturated rings. The molecule has 3 N–H and O–H groups in total. The fraction of sp³-hybridized carbons (Fsp3) is 0.455. The summed E-state index contributed by atoms with van der Waals surface area (Å²) in [5.74, 6) is 0. The molecule has 0 spiro atoms. The fourth-order valence-corrected chi connectivity index (χ4v) is 2.79. The number of para-hydroxylation sites is 1. The summed E-state index contributed by atoms with van der Waals surface area (Å²) in [5.41, 5.74) is 3.43. The van der Waals surface area contributed by atoms with E-state index >= 15 is 0 Å². The van der Waals surface area contributed by atoms with Gasteiger partial charge in [0.1, 0.15) is 0 Å². The molecule has 0 atom stereocenters. The first kappa shape index (κ1) is 18.0. The Morgan fingerprint density at radius 3 is 2.52 bits per heavy atom. The molecule has 5 nitrogen and oxygen atoms in total. The summed E-state index contributed by atoms with van der Waals surface area (Å²) in [5, 5.41) is -0.333. The number of halogens is 4. The number of alkyl halides is 3. The molecule has 1 aromatic carbocycles. The van der Waals surface area contributed by atoms with E-state index < -0.39 is 27.6 Å². The van der Waals surface area contributed by atoms with Crippen LogP contribution in [0.1, 0.15) is 12.0 Å². The number of anilines is 1. The van der Waals surface area contributed by atoms with Crippen LogP contribution < -0.4 is 10.5 Å². The van der Waals surface area contributed by atoms with Gasteiger partial charge < -0.3 is 5.73 Å². The van der Waals surface area contributed by atoms with Gasteiger partial charge in [-0.1, -0.05) is 17.7 Å². The second kappa shape index (κ2) is 6.82. The lowest BCUT2D eigenvalue weighted by Gasteiger charge is -2.21. The molecule has 0 aliphatic carbocycles. The third kappa shape index (κ3) is 4.73. The molecule has 10 heteroatoms. The second-order valence-corrected chi connectivity index (χ2v) is 6.42. The molecule has 1 rings (SSSR count). The molecule has 0 amide bonds. The number of nitrogens with two attached hydrogens (primary N) is 1. The molecular formula is C11H15ClF3N3O2S. The maximum atomic E-state index is 12.9. The molecule has 0 saturated carbocycles. The molecule has 0 aliphatic heterocycles. The number of rotatable bonds is 6. The largest absolute Gasteiger partial charge is 0.418 e. The van der Waals surface area contributed by atoms with Crippen LogP contribution in [0.3, 0.4) is 0 Å². The van der Waals surface area contributed by atoms with Crippen molar-refractivity contribution in [3.63, 3.8) is 0 Å². The summed E-state index contributed by atoms with van der Waals surface area (Å²) in [7, 11) is -2.91. The van der Waals surface area contributed by atoms with Crippen LogP contribution in [0.4, 0.5) is 18.9 Å². The molecule has 0 unspecified atom stereocenters. The highest BCUT2D eigenvalue weighted by Gasteiger charge is 2.35. The molecule has 0 aliphatic rings. The fourth-order valence-electron chi connectivity index (χ4n) is 1.51. The zero-order valence-corrected chi connectivity index (χ0v) is 12.7. The predicted molar refractivity (Wildman–Crippen MR) is 75.3 cm³/mol. The van der Waals surface area contributed by atoms with Crippen molar-refractivity contribution in [3.05, 3.63) is 28.8 Å². The van der Waals surface area contributed by atoms with Gasteiger partial charge in [-0.2, -0.15) is 25.9 Å². The maximum Gasteiger partial charge on any atom is 0.418 e. The number of nitrogens with one attached hydrogen (secondary N) is 1. The third-order valence-corrected chi connectivity index (χ3v) is 4.42. The highest BCUT2D eigenvalue weighted by Crippen LogP contribution is 2.39. The van der Waals surface area contributed by atoms with E-state index in [9.17, 15) is 21.6 Å². The Balaban J connectivity index is 3.13. The van der Waals surface area contributed by atoms with Crippen LogP contribution in [0.2, 0.25) is 5.02 Å². The summed E-state index contributed by atoms with van der Waals surface area (Å²) < 4.78 is 65.4. The number of nitrogens with zero attached hydrogens (tertiary/aromatic N) is 1. The Bertz CT molecular complexity index is 593. The molecular weight excluding hydrogens is 331 g/mol. The number of hydrogen-bond acceptors (Lipinski definition) is 3. The molecule has 0 aromatic heterocycles. The lowest BCUT2D eigenvalue weighted by atomic mass is 10.2. The smallest absolute Gasteiger partial charge is 0.330 e. The van der Waals surface area contributed by atoms with E-state index in [4.69, 9.17) is 17.3 Å². The van der Waals surface area contributed by atoms with Crippen molar-refractivity contribution in [2.24, 2.45) is 5.73 Å². The minimum absolute atomic E-state index is 0.0810. The highest BCUT2D eigenvalue weighted by atomic mass is 35.5. The molecule has 1 aromatic rings. The van der Waals surface area contributed by atoms with Gasteiger partial charge in [-0.3, -0.25) is 4.72 Å². The first-order valence-corrected chi connectivity index (χ1v) is 7.71. The Morgan fingerprint density at radius 2 is 2.00 bits per heavy atom. The van der Waals surface area contributed by atoms with Crippen LogP contribution in [0, 0.1) is 0 Å². The van der Waals surface area contributed by atoms with Gasteiger partial charge in [0, 0.05) is 13.6 Å². The minimum Gasteiger partial charge on any atom is -0.330 e. The van der Waals surface area contributed by atoms with Gasteiger partial charge in [0.25, 0.3) is 0 Å². The van der Waals surface area contributed by atoms with Gasteiger partial charge in [0.15, 0.2) is 0 Å². The van der Waals surface area contributed by atoms with Gasteiger partial charge in [-0.15, -0.1) is 0 Å². The second-order valence-electron chi connectivity index (χ2n) is 4.23. The summed E-state index contributed by atoms with van der Waals surface area (Å²) in [4.78, 5) is 0. The van der Waals surface area contributed by atoms with Crippen molar-refractivity contribution in [1.82, 2.24) is 4.31 Å². The number of benzene rings is 1. The van der Waals surface area contributed by atoms with Crippen molar-refractivity contribution in [2.45, 2.75) is 12.6 Å². The van der Waals surface area contributed by atoms with E-state index in [0.29, 0.717) is 6.42 Å². The van der Waals surface area contributed by atoms with Crippen LogP contribution in [0.5, 0.6) is 0 Å². The van der Waals surface area contributed by atoms with Gasteiger partial charge in [0.2, 0.25) is 0 Å². The van der Waals surface area contributed by atoms with Crippen LogP contribution >= 0.6 is 11.6 Å².